The van der Waals surface area contributed by atoms with Gasteiger partial charge >= 0.3 is 86.0 Å². The van der Waals surface area contributed by atoms with Gasteiger partial charge in [0.1, 0.15) is 0 Å². The van der Waals surface area contributed by atoms with Crippen LogP contribution in [0.15, 0.2) is 22.1 Å². The number of thioether (sulfide) groups is 1. The molecule has 0 amide bonds. The first kappa shape index (κ1) is 8.64. The van der Waals surface area contributed by atoms with Gasteiger partial charge in [0.2, 0.25) is 0 Å². The van der Waals surface area contributed by atoms with Crippen molar-refractivity contribution in [2.24, 2.45) is 0 Å². The average Bonchev–Trinajstić information content (AvgIpc) is 2.49. The third-order valence-electron chi connectivity index (χ3n) is 1.60. The summed E-state index contributed by atoms with van der Waals surface area (Å²) in [4.78, 5) is 5.40. The van der Waals surface area contributed by atoms with E-state index in [1.807, 2.05) is 17.4 Å². The van der Waals surface area contributed by atoms with Crippen LogP contribution in [0, 0.1) is 0 Å². The first-order valence-corrected chi connectivity index (χ1v) is 6.83. The fraction of sp³-hybridized carbons (Fsp3) is 0.125. The van der Waals surface area contributed by atoms with Crippen molar-refractivity contribution in [2.45, 2.75) is 4.90 Å². The molecule has 0 unspecified atom stereocenters. The van der Waals surface area contributed by atoms with E-state index in [1.54, 1.807) is 11.8 Å². The molecule has 0 spiro atoms. The summed E-state index contributed by atoms with van der Waals surface area (Å²) in [5.74, 6) is 0. The molecule has 0 saturated heterocycles. The topological polar surface area (TPSA) is 12.9 Å². The minimum absolute atomic E-state index is 0.421. The second kappa shape index (κ2) is 3.43. The summed E-state index contributed by atoms with van der Waals surface area (Å²) in [6.45, 7) is 0. The van der Waals surface area contributed by atoms with Crippen LogP contribution in [0.25, 0.3) is 9.78 Å². The summed E-state index contributed by atoms with van der Waals surface area (Å²) in [6.07, 6.45) is 2.04. The van der Waals surface area contributed by atoms with E-state index < -0.39 is 0 Å². The van der Waals surface area contributed by atoms with Crippen molar-refractivity contribution in [3.05, 3.63) is 22.2 Å². The Morgan fingerprint density at radius 3 is 3.08 bits per heavy atom. The Hall–Kier alpha value is 0.0495. The summed E-state index contributed by atoms with van der Waals surface area (Å²) >= 11 is 8.13. The van der Waals surface area contributed by atoms with Crippen molar-refractivity contribution in [3.8, 4) is 0 Å². The Bertz CT molecular complexity index is 412. The molecular formula is C8H6ClNSSe. The Balaban J connectivity index is 2.73. The Morgan fingerprint density at radius 1 is 1.50 bits per heavy atom. The third kappa shape index (κ3) is 1.42. The molecule has 2 aromatic rings. The molecule has 0 aliphatic rings. The van der Waals surface area contributed by atoms with Crippen LogP contribution in [0.1, 0.15) is 0 Å². The van der Waals surface area contributed by atoms with E-state index in [2.05, 4.69) is 11.1 Å². The maximum absolute atomic E-state index is 6.02. The van der Waals surface area contributed by atoms with Crippen LogP contribution in [0.3, 0.4) is 0 Å². The monoisotopic (exact) mass is 263 g/mol. The predicted octanol–water partition coefficient (Wildman–Crippen LogP) is 2.67. The quantitative estimate of drug-likeness (QED) is 0.579. The maximum atomic E-state index is 6.02. The van der Waals surface area contributed by atoms with Gasteiger partial charge < -0.3 is 0 Å². The van der Waals surface area contributed by atoms with Crippen LogP contribution >= 0.6 is 23.4 Å². The van der Waals surface area contributed by atoms with Crippen molar-refractivity contribution >= 4 is 47.6 Å². The molecular weight excluding hydrogens is 257 g/mol. The van der Waals surface area contributed by atoms with Crippen LogP contribution in [0.2, 0.25) is 5.02 Å². The van der Waals surface area contributed by atoms with E-state index in [-0.39, 0.29) is 0 Å². The van der Waals surface area contributed by atoms with Gasteiger partial charge in [-0.15, -0.1) is 0 Å². The fourth-order valence-corrected chi connectivity index (χ4v) is 3.53. The molecule has 0 aliphatic carbocycles. The molecule has 62 valence electrons. The molecule has 0 aliphatic heterocycles. The summed E-state index contributed by atoms with van der Waals surface area (Å²) in [5, 5.41) is 2.80. The van der Waals surface area contributed by atoms with Crippen LogP contribution in [0.5, 0.6) is 0 Å². The zero-order valence-corrected chi connectivity index (χ0v) is 9.66. The molecule has 0 fully saturated rings. The number of nitrogens with zero attached hydrogens (tertiary/aromatic N) is 1. The normalized spacial score (nSPS) is 10.8. The SMILES string of the molecule is CSc1cc2[se]cnc2cc1Cl. The van der Waals surface area contributed by atoms with Crippen molar-refractivity contribution in [3.63, 3.8) is 0 Å². The molecule has 1 aromatic heterocycles. The minimum atomic E-state index is 0.421. The molecule has 4 heteroatoms. The Kier molecular flexibility index (Phi) is 2.47. The molecule has 0 bridgehead atoms. The molecule has 1 nitrogen and oxygen atoms in total. The fourth-order valence-electron chi connectivity index (χ4n) is 1.02. The van der Waals surface area contributed by atoms with E-state index in [4.69, 9.17) is 11.6 Å². The molecule has 12 heavy (non-hydrogen) atoms. The van der Waals surface area contributed by atoms with Gasteiger partial charge in [-0.25, -0.2) is 0 Å². The van der Waals surface area contributed by atoms with Crippen LogP contribution in [0.4, 0.5) is 0 Å². The van der Waals surface area contributed by atoms with E-state index in [0.29, 0.717) is 14.5 Å². The number of fused-ring (bicyclic) bond motifs is 1. The van der Waals surface area contributed by atoms with Gasteiger partial charge in [-0.2, -0.15) is 0 Å². The van der Waals surface area contributed by atoms with Gasteiger partial charge in [-0.3, -0.25) is 0 Å². The second-order valence-corrected chi connectivity index (χ2v) is 5.42. The summed E-state index contributed by atoms with van der Waals surface area (Å²) in [7, 11) is 0. The predicted molar refractivity (Wildman–Crippen MR) is 55.5 cm³/mol. The van der Waals surface area contributed by atoms with Crippen LogP contribution in [-0.4, -0.2) is 25.7 Å². The van der Waals surface area contributed by atoms with Gasteiger partial charge in [0, 0.05) is 0 Å². The summed E-state index contributed by atoms with van der Waals surface area (Å²) < 4.78 is 1.34. The Labute approximate surface area is 85.9 Å². The van der Waals surface area contributed by atoms with Gasteiger partial charge in [0.25, 0.3) is 0 Å². The van der Waals surface area contributed by atoms with Gasteiger partial charge in [-0.1, -0.05) is 0 Å². The number of hydrogen-bond donors (Lipinski definition) is 0. The molecule has 0 N–H and O–H groups in total. The van der Waals surface area contributed by atoms with Crippen LogP contribution < -0.4 is 0 Å². The number of halogens is 1. The van der Waals surface area contributed by atoms with Crippen molar-refractivity contribution in [1.29, 1.82) is 0 Å². The van der Waals surface area contributed by atoms with E-state index in [9.17, 15) is 0 Å². The molecule has 0 saturated carbocycles. The average molecular weight is 263 g/mol. The van der Waals surface area contributed by atoms with E-state index >= 15 is 0 Å². The second-order valence-electron chi connectivity index (χ2n) is 2.31. The number of hydrogen-bond acceptors (Lipinski definition) is 2. The zero-order chi connectivity index (χ0) is 8.55. The molecule has 2 rings (SSSR count). The Morgan fingerprint density at radius 2 is 2.33 bits per heavy atom. The van der Waals surface area contributed by atoms with Gasteiger partial charge in [-0.05, 0) is 0 Å². The van der Waals surface area contributed by atoms with Crippen molar-refractivity contribution in [1.82, 2.24) is 4.98 Å². The summed E-state index contributed by atoms with van der Waals surface area (Å²) in [5.41, 5.74) is 1.05. The summed E-state index contributed by atoms with van der Waals surface area (Å²) in [6, 6.07) is 4.10. The van der Waals surface area contributed by atoms with Crippen molar-refractivity contribution in [2.75, 3.05) is 6.26 Å². The standard InChI is InChI=1S/C8H6ClNSSe/c1-11-7-3-8-6(2-5(7)9)10-4-12-8/h2-4H,1H3. The third-order valence-corrected chi connectivity index (χ3v) is 4.47. The van der Waals surface area contributed by atoms with Crippen molar-refractivity contribution < 1.29 is 0 Å². The van der Waals surface area contributed by atoms with E-state index in [0.717, 1.165) is 15.4 Å². The zero-order valence-electron chi connectivity index (χ0n) is 6.37. The molecule has 0 atom stereocenters. The number of aromatic nitrogens is 1. The number of benzene rings is 1. The first-order valence-electron chi connectivity index (χ1n) is 3.38. The van der Waals surface area contributed by atoms with Gasteiger partial charge in [0.05, 0.1) is 0 Å². The molecule has 1 aromatic carbocycles. The van der Waals surface area contributed by atoms with Gasteiger partial charge in [0.15, 0.2) is 0 Å². The first-order chi connectivity index (χ1) is 5.81. The molecule has 1 heterocycles. The number of rotatable bonds is 1. The van der Waals surface area contributed by atoms with E-state index in [1.165, 1.54) is 4.26 Å². The van der Waals surface area contributed by atoms with Crippen LogP contribution in [-0.2, 0) is 0 Å². The molecule has 0 radical (unpaired) electrons.